The molecule has 92 valence electrons. The lowest BCUT2D eigenvalue weighted by atomic mass is 10.0. The first-order chi connectivity index (χ1) is 7.91. The molecule has 1 aromatic carbocycles. The van der Waals surface area contributed by atoms with Gasteiger partial charge < -0.3 is 5.11 Å². The van der Waals surface area contributed by atoms with Crippen LogP contribution in [0.25, 0.3) is 0 Å². The molecule has 1 aromatic rings. The summed E-state index contributed by atoms with van der Waals surface area (Å²) >= 11 is 0. The highest BCUT2D eigenvalue weighted by atomic mass is 19.1. The van der Waals surface area contributed by atoms with Crippen LogP contribution >= 0.6 is 0 Å². The lowest BCUT2D eigenvalue weighted by Crippen LogP contribution is -2.01. The van der Waals surface area contributed by atoms with Crippen molar-refractivity contribution in [2.45, 2.75) is 26.2 Å². The van der Waals surface area contributed by atoms with Crippen LogP contribution in [0.2, 0.25) is 0 Å². The number of halogens is 1. The predicted molar refractivity (Wildman–Crippen MR) is 58.4 cm³/mol. The van der Waals surface area contributed by atoms with Crippen LogP contribution in [-0.2, 0) is 11.2 Å². The summed E-state index contributed by atoms with van der Waals surface area (Å²) in [7, 11) is 0. The summed E-state index contributed by atoms with van der Waals surface area (Å²) in [6, 6.07) is 2.28. The lowest BCUT2D eigenvalue weighted by Gasteiger charge is -2.04. The number of rotatable bonds is 5. The fourth-order valence-electron chi connectivity index (χ4n) is 1.53. The van der Waals surface area contributed by atoms with Crippen LogP contribution in [0.15, 0.2) is 12.1 Å². The van der Waals surface area contributed by atoms with Gasteiger partial charge in [-0.05, 0) is 31.4 Å². The summed E-state index contributed by atoms with van der Waals surface area (Å²) in [5.41, 5.74) is 0.398. The number of carbonyl (C=O) groups is 1. The van der Waals surface area contributed by atoms with Gasteiger partial charge in [-0.25, -0.2) is 4.39 Å². The van der Waals surface area contributed by atoms with Crippen LogP contribution in [0.4, 0.5) is 10.1 Å². The minimum absolute atomic E-state index is 0.0619. The zero-order chi connectivity index (χ0) is 13.0. The SMILES string of the molecule is Cc1cc(CCCC(=O)O)c([N+](=O)[O-])cc1F. The third kappa shape index (κ3) is 3.51. The number of carboxylic acid groups (broad SMARTS) is 1. The maximum Gasteiger partial charge on any atom is 0.303 e. The Morgan fingerprint density at radius 1 is 1.53 bits per heavy atom. The molecule has 17 heavy (non-hydrogen) atoms. The molecule has 0 spiro atoms. The van der Waals surface area contributed by atoms with Gasteiger partial charge in [-0.2, -0.15) is 0 Å². The first kappa shape index (κ1) is 13.1. The fraction of sp³-hybridized carbons (Fsp3) is 0.364. The molecule has 0 saturated heterocycles. The van der Waals surface area contributed by atoms with Crippen molar-refractivity contribution in [2.75, 3.05) is 0 Å². The molecule has 0 aliphatic carbocycles. The molecular formula is C11H12FNO4. The predicted octanol–water partition coefficient (Wildman–Crippen LogP) is 2.45. The molecule has 0 aliphatic rings. The smallest absolute Gasteiger partial charge is 0.303 e. The van der Waals surface area contributed by atoms with Crippen molar-refractivity contribution in [3.8, 4) is 0 Å². The Balaban J connectivity index is 2.92. The first-order valence-electron chi connectivity index (χ1n) is 5.07. The second kappa shape index (κ2) is 5.38. The maximum atomic E-state index is 13.2. The molecular weight excluding hydrogens is 229 g/mol. The quantitative estimate of drug-likeness (QED) is 0.634. The second-order valence-electron chi connectivity index (χ2n) is 3.73. The Hall–Kier alpha value is -1.98. The molecule has 6 heteroatoms. The van der Waals surface area contributed by atoms with Gasteiger partial charge in [0.05, 0.1) is 11.0 Å². The largest absolute Gasteiger partial charge is 0.481 e. The summed E-state index contributed by atoms with van der Waals surface area (Å²) in [5.74, 6) is -1.58. The van der Waals surface area contributed by atoms with E-state index in [1.165, 1.54) is 13.0 Å². The number of hydrogen-bond acceptors (Lipinski definition) is 3. The van der Waals surface area contributed by atoms with E-state index in [0.29, 0.717) is 17.5 Å². The van der Waals surface area contributed by atoms with Gasteiger partial charge in [-0.3, -0.25) is 14.9 Å². The number of carboxylic acids is 1. The Morgan fingerprint density at radius 3 is 2.71 bits per heavy atom. The summed E-state index contributed by atoms with van der Waals surface area (Å²) in [4.78, 5) is 20.4. The Morgan fingerprint density at radius 2 is 2.18 bits per heavy atom. The van der Waals surface area contributed by atoms with Gasteiger partial charge in [-0.1, -0.05) is 0 Å². The number of nitro benzene ring substituents is 1. The molecule has 0 saturated carbocycles. The third-order valence-corrected chi connectivity index (χ3v) is 2.39. The highest BCUT2D eigenvalue weighted by Crippen LogP contribution is 2.24. The standard InChI is InChI=1S/C11H12FNO4/c1-7-5-8(3-2-4-11(14)15)10(13(16)17)6-9(7)12/h5-6H,2-4H2,1H3,(H,14,15). The Kier molecular flexibility index (Phi) is 4.14. The number of benzene rings is 1. The average Bonchev–Trinajstić information content (AvgIpc) is 2.22. The van der Waals surface area contributed by atoms with E-state index in [4.69, 9.17) is 5.11 Å². The lowest BCUT2D eigenvalue weighted by molar-refractivity contribution is -0.385. The van der Waals surface area contributed by atoms with Gasteiger partial charge in [0.25, 0.3) is 5.69 Å². The maximum absolute atomic E-state index is 13.2. The summed E-state index contributed by atoms with van der Waals surface area (Å²) in [6.45, 7) is 1.51. The van der Waals surface area contributed by atoms with Crippen LogP contribution in [0, 0.1) is 22.9 Å². The van der Waals surface area contributed by atoms with Crippen LogP contribution in [-0.4, -0.2) is 16.0 Å². The second-order valence-corrected chi connectivity index (χ2v) is 3.73. The van der Waals surface area contributed by atoms with E-state index in [1.807, 2.05) is 0 Å². The minimum Gasteiger partial charge on any atom is -0.481 e. The third-order valence-electron chi connectivity index (χ3n) is 2.39. The highest BCUT2D eigenvalue weighted by Gasteiger charge is 2.16. The molecule has 0 heterocycles. The van der Waals surface area contributed by atoms with E-state index in [0.717, 1.165) is 6.07 Å². The van der Waals surface area contributed by atoms with Crippen molar-refractivity contribution < 1.29 is 19.2 Å². The average molecular weight is 241 g/mol. The fourth-order valence-corrected chi connectivity index (χ4v) is 1.53. The van der Waals surface area contributed by atoms with E-state index in [2.05, 4.69) is 0 Å². The Labute approximate surface area is 97.0 Å². The van der Waals surface area contributed by atoms with E-state index >= 15 is 0 Å². The molecule has 1 N–H and O–H groups in total. The van der Waals surface area contributed by atoms with Gasteiger partial charge in [-0.15, -0.1) is 0 Å². The Bertz CT molecular complexity index is 459. The number of aryl methyl sites for hydroxylation is 2. The van der Waals surface area contributed by atoms with Crippen molar-refractivity contribution in [2.24, 2.45) is 0 Å². The molecule has 0 bridgehead atoms. The zero-order valence-electron chi connectivity index (χ0n) is 9.27. The van der Waals surface area contributed by atoms with Gasteiger partial charge in [0.15, 0.2) is 0 Å². The van der Waals surface area contributed by atoms with Gasteiger partial charge >= 0.3 is 5.97 Å². The molecule has 0 amide bonds. The van der Waals surface area contributed by atoms with Crippen molar-refractivity contribution in [3.05, 3.63) is 39.2 Å². The monoisotopic (exact) mass is 241 g/mol. The van der Waals surface area contributed by atoms with E-state index < -0.39 is 16.7 Å². The normalized spacial score (nSPS) is 10.2. The molecule has 0 unspecified atom stereocenters. The number of aliphatic carboxylic acids is 1. The molecule has 0 aliphatic heterocycles. The van der Waals surface area contributed by atoms with Crippen molar-refractivity contribution in [3.63, 3.8) is 0 Å². The van der Waals surface area contributed by atoms with Gasteiger partial charge in [0.2, 0.25) is 0 Å². The highest BCUT2D eigenvalue weighted by molar-refractivity contribution is 5.66. The van der Waals surface area contributed by atoms with Crippen molar-refractivity contribution >= 4 is 11.7 Å². The molecule has 0 radical (unpaired) electrons. The molecule has 0 fully saturated rings. The van der Waals surface area contributed by atoms with Crippen LogP contribution in [0.3, 0.4) is 0 Å². The van der Waals surface area contributed by atoms with Gasteiger partial charge in [0.1, 0.15) is 5.82 Å². The van der Waals surface area contributed by atoms with Crippen molar-refractivity contribution in [1.29, 1.82) is 0 Å². The summed E-state index contributed by atoms with van der Waals surface area (Å²) < 4.78 is 13.2. The van der Waals surface area contributed by atoms with Crippen LogP contribution in [0.1, 0.15) is 24.0 Å². The minimum atomic E-state index is -0.952. The number of hydrogen-bond donors (Lipinski definition) is 1. The van der Waals surface area contributed by atoms with Crippen LogP contribution < -0.4 is 0 Å². The van der Waals surface area contributed by atoms with E-state index in [9.17, 15) is 19.3 Å². The van der Waals surface area contributed by atoms with Crippen LogP contribution in [0.5, 0.6) is 0 Å². The van der Waals surface area contributed by atoms with E-state index in [-0.39, 0.29) is 18.5 Å². The first-order valence-corrected chi connectivity index (χ1v) is 5.07. The molecule has 5 nitrogen and oxygen atoms in total. The molecule has 1 rings (SSSR count). The topological polar surface area (TPSA) is 80.4 Å². The number of nitrogens with zero attached hydrogens (tertiary/aromatic N) is 1. The molecule has 0 atom stereocenters. The molecule has 0 aromatic heterocycles. The summed E-state index contributed by atoms with van der Waals surface area (Å²) in [5, 5.41) is 19.2. The van der Waals surface area contributed by atoms with Gasteiger partial charge in [0, 0.05) is 12.0 Å². The van der Waals surface area contributed by atoms with E-state index in [1.54, 1.807) is 0 Å². The summed E-state index contributed by atoms with van der Waals surface area (Å²) in [6.07, 6.45) is 0.485. The zero-order valence-corrected chi connectivity index (χ0v) is 9.27. The van der Waals surface area contributed by atoms with Crippen molar-refractivity contribution in [1.82, 2.24) is 0 Å². The number of nitro groups is 1.